The van der Waals surface area contributed by atoms with Gasteiger partial charge in [-0.3, -0.25) is 4.57 Å². The van der Waals surface area contributed by atoms with Crippen LogP contribution >= 0.6 is 11.6 Å². The van der Waals surface area contributed by atoms with Gasteiger partial charge in [0.15, 0.2) is 5.65 Å². The number of fused-ring (bicyclic) bond motifs is 1. The van der Waals surface area contributed by atoms with Crippen LogP contribution in [0.15, 0.2) is 30.9 Å². The van der Waals surface area contributed by atoms with E-state index in [-0.39, 0.29) is 12.1 Å². The van der Waals surface area contributed by atoms with E-state index in [1.165, 1.54) is 12.8 Å². The molecule has 1 amide bonds. The number of hydrogen-bond donors (Lipinski definition) is 0. The van der Waals surface area contributed by atoms with Gasteiger partial charge in [-0.05, 0) is 46.6 Å². The van der Waals surface area contributed by atoms with E-state index in [1.807, 2.05) is 31.4 Å². The Morgan fingerprint density at radius 1 is 1.20 bits per heavy atom. The van der Waals surface area contributed by atoms with Crippen LogP contribution in [0.5, 0.6) is 0 Å². The van der Waals surface area contributed by atoms with Crippen molar-refractivity contribution in [2.24, 2.45) is 0 Å². The minimum absolute atomic E-state index is 0.0566. The summed E-state index contributed by atoms with van der Waals surface area (Å²) in [6.45, 7) is 9.56. The molecule has 1 aliphatic heterocycles. The van der Waals surface area contributed by atoms with Gasteiger partial charge < -0.3 is 19.4 Å². The maximum Gasteiger partial charge on any atom is 0.410 e. The minimum atomic E-state index is -0.518. The van der Waals surface area contributed by atoms with Crippen LogP contribution in [0.25, 0.3) is 16.9 Å². The van der Waals surface area contributed by atoms with Crippen molar-refractivity contribution in [1.82, 2.24) is 24.4 Å². The van der Waals surface area contributed by atoms with Crippen LogP contribution in [0.1, 0.15) is 40.5 Å². The van der Waals surface area contributed by atoms with Gasteiger partial charge in [0.2, 0.25) is 0 Å². The molecule has 1 saturated carbocycles. The molecule has 186 valence electrons. The van der Waals surface area contributed by atoms with Gasteiger partial charge in [0, 0.05) is 62.2 Å². The Morgan fingerprint density at radius 3 is 2.63 bits per heavy atom. The highest BCUT2D eigenvalue weighted by Gasteiger charge is 2.34. The molecule has 4 heterocycles. The van der Waals surface area contributed by atoms with Gasteiger partial charge in [-0.2, -0.15) is 0 Å². The first-order valence-electron chi connectivity index (χ1n) is 12.1. The van der Waals surface area contributed by atoms with Gasteiger partial charge >= 0.3 is 6.09 Å². The van der Waals surface area contributed by atoms with E-state index in [0.717, 1.165) is 22.5 Å². The standard InChI is InChI=1S/C25H32ClN7O2/c1-16-13-31(24(34)35-25(2,3)4)10-11-32(16)22-21-19(30(5)18-6-7-18)14-33(23(21)29-15-28-22)20-12-17(26)8-9-27-20/h8-9,12,14-16,18H,6-7,10-11,13H2,1-5H3/t16-/m0/s1. The molecule has 2 aliphatic rings. The van der Waals surface area contributed by atoms with Crippen LogP contribution in [0.2, 0.25) is 5.02 Å². The average molecular weight is 498 g/mol. The lowest BCUT2D eigenvalue weighted by atomic mass is 10.1. The second-order valence-corrected chi connectivity index (χ2v) is 10.9. The minimum Gasteiger partial charge on any atom is -0.444 e. The summed E-state index contributed by atoms with van der Waals surface area (Å²) in [5.41, 5.74) is 1.34. The zero-order valence-corrected chi connectivity index (χ0v) is 21.7. The lowest BCUT2D eigenvalue weighted by molar-refractivity contribution is 0.0218. The van der Waals surface area contributed by atoms with Crippen LogP contribution in [0, 0.1) is 0 Å². The van der Waals surface area contributed by atoms with Crippen molar-refractivity contribution in [2.45, 2.75) is 58.2 Å². The van der Waals surface area contributed by atoms with Crippen molar-refractivity contribution >= 4 is 40.2 Å². The Labute approximate surface area is 210 Å². The van der Waals surface area contributed by atoms with Gasteiger partial charge in [0.1, 0.15) is 23.6 Å². The number of anilines is 2. The number of carbonyl (C=O) groups excluding carboxylic acids is 1. The number of nitrogens with zero attached hydrogens (tertiary/aromatic N) is 7. The van der Waals surface area contributed by atoms with Gasteiger partial charge in [-0.1, -0.05) is 11.6 Å². The van der Waals surface area contributed by atoms with Crippen molar-refractivity contribution in [3.05, 3.63) is 35.9 Å². The summed E-state index contributed by atoms with van der Waals surface area (Å²) >= 11 is 6.28. The number of halogens is 1. The molecular weight excluding hydrogens is 466 g/mol. The maximum absolute atomic E-state index is 12.7. The van der Waals surface area contributed by atoms with Crippen LogP contribution in [-0.4, -0.2) is 74.9 Å². The molecule has 1 atom stereocenters. The summed E-state index contributed by atoms with van der Waals surface area (Å²) in [7, 11) is 2.13. The molecule has 1 saturated heterocycles. The van der Waals surface area contributed by atoms with E-state index in [4.69, 9.17) is 21.3 Å². The number of amides is 1. The Balaban J connectivity index is 1.53. The number of ether oxygens (including phenoxy) is 1. The van der Waals surface area contributed by atoms with Crippen LogP contribution in [0.3, 0.4) is 0 Å². The van der Waals surface area contributed by atoms with Gasteiger partial charge in [-0.15, -0.1) is 0 Å². The van der Waals surface area contributed by atoms with Crippen molar-refractivity contribution in [1.29, 1.82) is 0 Å². The summed E-state index contributed by atoms with van der Waals surface area (Å²) in [4.78, 5) is 33.0. The second-order valence-electron chi connectivity index (χ2n) is 10.4. The molecule has 10 heteroatoms. The zero-order chi connectivity index (χ0) is 24.9. The third-order valence-electron chi connectivity index (χ3n) is 6.52. The summed E-state index contributed by atoms with van der Waals surface area (Å²) in [6.07, 6.45) is 7.46. The molecule has 0 N–H and O–H groups in total. The fourth-order valence-electron chi connectivity index (χ4n) is 4.64. The maximum atomic E-state index is 12.7. The molecule has 5 rings (SSSR count). The predicted molar refractivity (Wildman–Crippen MR) is 138 cm³/mol. The average Bonchev–Trinajstić information content (AvgIpc) is 3.57. The highest BCUT2D eigenvalue weighted by atomic mass is 35.5. The third kappa shape index (κ3) is 4.74. The summed E-state index contributed by atoms with van der Waals surface area (Å²) < 4.78 is 7.59. The zero-order valence-electron chi connectivity index (χ0n) is 20.9. The molecule has 0 bridgehead atoms. The normalized spacial score (nSPS) is 18.7. The van der Waals surface area contributed by atoms with Gasteiger partial charge in [0.25, 0.3) is 0 Å². The number of aromatic nitrogens is 4. The monoisotopic (exact) mass is 497 g/mol. The topological polar surface area (TPSA) is 79.6 Å². The van der Waals surface area contributed by atoms with Crippen LogP contribution in [0.4, 0.5) is 16.3 Å². The first kappa shape index (κ1) is 23.7. The van der Waals surface area contributed by atoms with Crippen molar-refractivity contribution < 1.29 is 9.53 Å². The summed E-state index contributed by atoms with van der Waals surface area (Å²) in [6, 6.07) is 4.17. The second kappa shape index (κ2) is 8.86. The number of rotatable bonds is 4. The Morgan fingerprint density at radius 2 is 1.97 bits per heavy atom. The number of hydrogen-bond acceptors (Lipinski definition) is 7. The van der Waals surface area contributed by atoms with E-state index in [1.54, 1.807) is 23.5 Å². The van der Waals surface area contributed by atoms with Gasteiger partial charge in [0.05, 0.1) is 11.1 Å². The molecule has 3 aromatic heterocycles. The number of piperazine rings is 1. The Hall–Kier alpha value is -3.07. The van der Waals surface area contributed by atoms with E-state index < -0.39 is 5.60 Å². The highest BCUT2D eigenvalue weighted by Crippen LogP contribution is 2.40. The Bertz CT molecular complexity index is 1250. The van der Waals surface area contributed by atoms with Crippen molar-refractivity contribution in [3.8, 4) is 5.82 Å². The lowest BCUT2D eigenvalue weighted by Gasteiger charge is -2.41. The molecule has 3 aromatic rings. The summed E-state index contributed by atoms with van der Waals surface area (Å²) in [5, 5.41) is 1.61. The van der Waals surface area contributed by atoms with Gasteiger partial charge in [-0.25, -0.2) is 19.7 Å². The molecule has 0 aromatic carbocycles. The van der Waals surface area contributed by atoms with E-state index >= 15 is 0 Å². The molecule has 9 nitrogen and oxygen atoms in total. The fourth-order valence-corrected chi connectivity index (χ4v) is 4.79. The lowest BCUT2D eigenvalue weighted by Crippen LogP contribution is -2.54. The largest absolute Gasteiger partial charge is 0.444 e. The summed E-state index contributed by atoms with van der Waals surface area (Å²) in [5.74, 6) is 1.58. The molecule has 2 fully saturated rings. The third-order valence-corrected chi connectivity index (χ3v) is 6.76. The molecular formula is C25H32ClN7O2. The van der Waals surface area contributed by atoms with E-state index in [2.05, 4.69) is 39.9 Å². The number of pyridine rings is 1. The van der Waals surface area contributed by atoms with Crippen molar-refractivity contribution in [3.63, 3.8) is 0 Å². The first-order chi connectivity index (χ1) is 16.6. The SMILES string of the molecule is C[C@H]1CN(C(=O)OC(C)(C)C)CCN1c1ncnc2c1c(N(C)C1CC1)cn2-c1cc(Cl)ccn1. The quantitative estimate of drug-likeness (QED) is 0.524. The van der Waals surface area contributed by atoms with E-state index in [9.17, 15) is 4.79 Å². The molecule has 0 unspecified atom stereocenters. The highest BCUT2D eigenvalue weighted by molar-refractivity contribution is 6.30. The Kier molecular flexibility index (Phi) is 5.99. The molecule has 35 heavy (non-hydrogen) atoms. The van der Waals surface area contributed by atoms with Crippen LogP contribution in [-0.2, 0) is 4.74 Å². The smallest absolute Gasteiger partial charge is 0.410 e. The predicted octanol–water partition coefficient (Wildman–Crippen LogP) is 4.51. The first-order valence-corrected chi connectivity index (χ1v) is 12.5. The van der Waals surface area contributed by atoms with E-state index in [0.29, 0.717) is 36.5 Å². The van der Waals surface area contributed by atoms with Crippen molar-refractivity contribution in [2.75, 3.05) is 36.5 Å². The molecule has 0 radical (unpaired) electrons. The molecule has 1 aliphatic carbocycles. The number of carbonyl (C=O) groups is 1. The van der Waals surface area contributed by atoms with Crippen LogP contribution < -0.4 is 9.80 Å². The fraction of sp³-hybridized carbons (Fsp3) is 0.520. The molecule has 0 spiro atoms.